The van der Waals surface area contributed by atoms with E-state index in [0.29, 0.717) is 11.1 Å². The van der Waals surface area contributed by atoms with Crippen molar-refractivity contribution in [3.63, 3.8) is 0 Å². The standard InChI is InChI=1S/C10H9NO2/c1-7(12)8-4-2-3-5-9(8)10(13)6-11/h2-5,10,13H,1H3/t10-/m1/s1. The molecule has 0 unspecified atom stereocenters. The van der Waals surface area contributed by atoms with Crippen LogP contribution in [0.5, 0.6) is 0 Å². The number of nitrogens with zero attached hydrogens (tertiary/aromatic N) is 1. The highest BCUT2D eigenvalue weighted by atomic mass is 16.3. The highest BCUT2D eigenvalue weighted by Crippen LogP contribution is 2.17. The molecule has 3 nitrogen and oxygen atoms in total. The average Bonchev–Trinajstić information content (AvgIpc) is 2.16. The minimum Gasteiger partial charge on any atom is -0.374 e. The van der Waals surface area contributed by atoms with Gasteiger partial charge >= 0.3 is 0 Å². The van der Waals surface area contributed by atoms with Crippen LogP contribution in [0.4, 0.5) is 0 Å². The Kier molecular flexibility index (Phi) is 2.78. The Bertz CT molecular complexity index is 365. The van der Waals surface area contributed by atoms with Crippen molar-refractivity contribution in [2.75, 3.05) is 0 Å². The number of carbonyl (C=O) groups excluding carboxylic acids is 1. The summed E-state index contributed by atoms with van der Waals surface area (Å²) in [4.78, 5) is 11.1. The molecule has 0 radical (unpaired) electrons. The number of hydrogen-bond donors (Lipinski definition) is 1. The van der Waals surface area contributed by atoms with Crippen LogP contribution in [0.15, 0.2) is 24.3 Å². The van der Waals surface area contributed by atoms with Gasteiger partial charge in [-0.3, -0.25) is 4.79 Å². The number of nitriles is 1. The molecule has 0 fully saturated rings. The Labute approximate surface area is 76.2 Å². The number of Topliss-reactive ketones (excluding diaryl/α,β-unsaturated/α-hetero) is 1. The van der Waals surface area contributed by atoms with E-state index >= 15 is 0 Å². The van der Waals surface area contributed by atoms with Crippen molar-refractivity contribution >= 4 is 5.78 Å². The fraction of sp³-hybridized carbons (Fsp3) is 0.200. The van der Waals surface area contributed by atoms with Crippen LogP contribution < -0.4 is 0 Å². The molecule has 1 aromatic carbocycles. The Hall–Kier alpha value is -1.66. The highest BCUT2D eigenvalue weighted by Gasteiger charge is 2.12. The summed E-state index contributed by atoms with van der Waals surface area (Å²) < 4.78 is 0. The monoisotopic (exact) mass is 175 g/mol. The van der Waals surface area contributed by atoms with Crippen molar-refractivity contribution in [2.24, 2.45) is 0 Å². The van der Waals surface area contributed by atoms with Crippen LogP contribution in [-0.2, 0) is 0 Å². The molecule has 0 aliphatic carbocycles. The van der Waals surface area contributed by atoms with Crippen LogP contribution in [0, 0.1) is 11.3 Å². The molecule has 0 aromatic heterocycles. The maximum Gasteiger partial charge on any atom is 0.166 e. The van der Waals surface area contributed by atoms with Gasteiger partial charge in [0.05, 0.1) is 6.07 Å². The lowest BCUT2D eigenvalue weighted by atomic mass is 10.0. The largest absolute Gasteiger partial charge is 0.374 e. The van der Waals surface area contributed by atoms with Gasteiger partial charge in [0.25, 0.3) is 0 Å². The molecule has 0 saturated heterocycles. The molecule has 1 rings (SSSR count). The molecule has 0 spiro atoms. The fourth-order valence-electron chi connectivity index (χ4n) is 1.13. The minimum absolute atomic E-state index is 0.148. The Morgan fingerprint density at radius 2 is 2.15 bits per heavy atom. The molecule has 0 aliphatic heterocycles. The lowest BCUT2D eigenvalue weighted by Gasteiger charge is -2.06. The third kappa shape index (κ3) is 1.92. The van der Waals surface area contributed by atoms with E-state index in [9.17, 15) is 9.90 Å². The number of benzene rings is 1. The summed E-state index contributed by atoms with van der Waals surface area (Å²) in [6.07, 6.45) is -1.22. The van der Waals surface area contributed by atoms with Crippen molar-refractivity contribution < 1.29 is 9.90 Å². The maximum atomic E-state index is 11.1. The molecule has 13 heavy (non-hydrogen) atoms. The van der Waals surface area contributed by atoms with Gasteiger partial charge in [-0.1, -0.05) is 24.3 Å². The molecular weight excluding hydrogens is 166 g/mol. The first-order valence-electron chi connectivity index (χ1n) is 3.84. The summed E-state index contributed by atoms with van der Waals surface area (Å²) in [6.45, 7) is 1.41. The smallest absolute Gasteiger partial charge is 0.166 e. The van der Waals surface area contributed by atoms with Crippen LogP contribution >= 0.6 is 0 Å². The second kappa shape index (κ2) is 3.83. The lowest BCUT2D eigenvalue weighted by Crippen LogP contribution is -2.03. The molecule has 1 N–H and O–H groups in total. The van der Waals surface area contributed by atoms with Crippen molar-refractivity contribution in [1.82, 2.24) is 0 Å². The highest BCUT2D eigenvalue weighted by molar-refractivity contribution is 5.95. The van der Waals surface area contributed by atoms with Gasteiger partial charge in [0.15, 0.2) is 11.9 Å². The first-order valence-corrected chi connectivity index (χ1v) is 3.84. The van der Waals surface area contributed by atoms with E-state index in [2.05, 4.69) is 0 Å². The van der Waals surface area contributed by atoms with Crippen molar-refractivity contribution in [1.29, 1.82) is 5.26 Å². The van der Waals surface area contributed by atoms with Gasteiger partial charge in [0.1, 0.15) is 0 Å². The first kappa shape index (κ1) is 9.43. The molecule has 0 saturated carbocycles. The van der Waals surface area contributed by atoms with Gasteiger partial charge in [0.2, 0.25) is 0 Å². The number of aliphatic hydroxyl groups is 1. The number of ketones is 1. The Balaban J connectivity index is 3.21. The number of rotatable bonds is 2. The van der Waals surface area contributed by atoms with Gasteiger partial charge in [-0.25, -0.2) is 0 Å². The van der Waals surface area contributed by atoms with Gasteiger partial charge < -0.3 is 5.11 Å². The molecule has 0 heterocycles. The van der Waals surface area contributed by atoms with Gasteiger partial charge in [-0.05, 0) is 6.92 Å². The van der Waals surface area contributed by atoms with Gasteiger partial charge in [-0.2, -0.15) is 5.26 Å². The maximum absolute atomic E-state index is 11.1. The van der Waals surface area contributed by atoms with E-state index < -0.39 is 6.10 Å². The number of hydrogen-bond acceptors (Lipinski definition) is 3. The van der Waals surface area contributed by atoms with E-state index in [1.54, 1.807) is 30.3 Å². The number of carbonyl (C=O) groups is 1. The predicted molar refractivity (Wildman–Crippen MR) is 47.0 cm³/mol. The normalized spacial score (nSPS) is 11.8. The quantitative estimate of drug-likeness (QED) is 0.546. The van der Waals surface area contributed by atoms with Crippen molar-refractivity contribution in [2.45, 2.75) is 13.0 Å². The van der Waals surface area contributed by atoms with E-state index in [1.807, 2.05) is 0 Å². The summed E-state index contributed by atoms with van der Waals surface area (Å²) in [5, 5.41) is 17.7. The zero-order valence-corrected chi connectivity index (χ0v) is 7.19. The Morgan fingerprint density at radius 1 is 1.54 bits per heavy atom. The zero-order chi connectivity index (χ0) is 9.84. The minimum atomic E-state index is -1.22. The van der Waals surface area contributed by atoms with Crippen LogP contribution in [0.25, 0.3) is 0 Å². The van der Waals surface area contributed by atoms with Crippen molar-refractivity contribution in [3.05, 3.63) is 35.4 Å². The summed E-state index contributed by atoms with van der Waals surface area (Å²) in [6, 6.07) is 8.23. The molecular formula is C10H9NO2. The SMILES string of the molecule is CC(=O)c1ccccc1[C@H](O)C#N. The van der Waals surface area contributed by atoms with E-state index in [4.69, 9.17) is 5.26 Å². The zero-order valence-electron chi connectivity index (χ0n) is 7.19. The number of aliphatic hydroxyl groups excluding tert-OH is 1. The van der Waals surface area contributed by atoms with Gasteiger partial charge in [0, 0.05) is 11.1 Å². The summed E-state index contributed by atoms with van der Waals surface area (Å²) in [5.41, 5.74) is 0.772. The summed E-state index contributed by atoms with van der Waals surface area (Å²) in [5.74, 6) is -0.148. The third-order valence-corrected chi connectivity index (χ3v) is 1.76. The van der Waals surface area contributed by atoms with Crippen LogP contribution in [0.1, 0.15) is 28.9 Å². The summed E-state index contributed by atoms with van der Waals surface area (Å²) in [7, 11) is 0. The fourth-order valence-corrected chi connectivity index (χ4v) is 1.13. The second-order valence-corrected chi connectivity index (χ2v) is 2.68. The molecule has 3 heteroatoms. The molecule has 1 aromatic rings. The first-order chi connectivity index (χ1) is 6.16. The molecule has 0 amide bonds. The van der Waals surface area contributed by atoms with E-state index in [-0.39, 0.29) is 5.78 Å². The van der Waals surface area contributed by atoms with Crippen LogP contribution in [0.2, 0.25) is 0 Å². The topological polar surface area (TPSA) is 61.1 Å². The molecule has 0 bridgehead atoms. The van der Waals surface area contributed by atoms with Crippen LogP contribution in [0.3, 0.4) is 0 Å². The third-order valence-electron chi connectivity index (χ3n) is 1.76. The van der Waals surface area contributed by atoms with Crippen molar-refractivity contribution in [3.8, 4) is 6.07 Å². The summed E-state index contributed by atoms with van der Waals surface area (Å²) >= 11 is 0. The second-order valence-electron chi connectivity index (χ2n) is 2.68. The van der Waals surface area contributed by atoms with Crippen LogP contribution in [-0.4, -0.2) is 10.9 Å². The molecule has 0 aliphatic rings. The average molecular weight is 175 g/mol. The lowest BCUT2D eigenvalue weighted by molar-refractivity contribution is 0.101. The molecule has 1 atom stereocenters. The molecule has 66 valence electrons. The Morgan fingerprint density at radius 3 is 2.69 bits per heavy atom. The van der Waals surface area contributed by atoms with E-state index in [0.717, 1.165) is 0 Å². The van der Waals surface area contributed by atoms with E-state index in [1.165, 1.54) is 6.92 Å². The predicted octanol–water partition coefficient (Wildman–Crippen LogP) is 1.45. The van der Waals surface area contributed by atoms with Gasteiger partial charge in [-0.15, -0.1) is 0 Å².